The quantitative estimate of drug-likeness (QED) is 0.356. The molecule has 33 heavy (non-hydrogen) atoms. The number of methoxy groups -OCH3 is 1. The third kappa shape index (κ3) is 6.51. The maximum Gasteiger partial charge on any atom is 0.410 e. The molecular formula is C20H30N8O5. The molecule has 13 nitrogen and oxygen atoms in total. The van der Waals surface area contributed by atoms with Crippen molar-refractivity contribution in [3.8, 4) is 0 Å². The summed E-state index contributed by atoms with van der Waals surface area (Å²) in [6.07, 6.45) is 5.32. The summed E-state index contributed by atoms with van der Waals surface area (Å²) >= 11 is 0. The Morgan fingerprint density at radius 1 is 1.30 bits per heavy atom. The van der Waals surface area contributed by atoms with Crippen LogP contribution in [0.15, 0.2) is 18.6 Å². The van der Waals surface area contributed by atoms with Gasteiger partial charge >= 0.3 is 11.8 Å². The van der Waals surface area contributed by atoms with Crippen LogP contribution in [0.1, 0.15) is 46.6 Å². The fraction of sp³-hybridized carbons (Fsp3) is 0.600. The lowest BCUT2D eigenvalue weighted by Crippen LogP contribution is -2.42. The molecule has 0 radical (unpaired) electrons. The van der Waals surface area contributed by atoms with Gasteiger partial charge in [-0.25, -0.2) is 9.78 Å². The SMILES string of the molecule is COC(C)Nc1nc(Nc2cnn(C3CCN(C(=O)OC(C)(C)C)CC3)c2)ncc1[N+](=O)[O-]. The summed E-state index contributed by atoms with van der Waals surface area (Å²) in [5.41, 5.74) is -0.131. The lowest BCUT2D eigenvalue weighted by Gasteiger charge is -2.33. The van der Waals surface area contributed by atoms with Crippen LogP contribution >= 0.6 is 0 Å². The molecule has 0 bridgehead atoms. The number of nitrogens with one attached hydrogen (secondary N) is 2. The van der Waals surface area contributed by atoms with Crippen LogP contribution in [0.25, 0.3) is 0 Å². The average molecular weight is 463 g/mol. The molecule has 1 saturated heterocycles. The normalized spacial score (nSPS) is 15.7. The Balaban J connectivity index is 1.63. The highest BCUT2D eigenvalue weighted by Gasteiger charge is 2.28. The van der Waals surface area contributed by atoms with E-state index < -0.39 is 16.8 Å². The van der Waals surface area contributed by atoms with Crippen LogP contribution in [0, 0.1) is 10.1 Å². The third-order valence-corrected chi connectivity index (χ3v) is 5.01. The molecule has 0 saturated carbocycles. The van der Waals surface area contributed by atoms with E-state index in [1.807, 2.05) is 31.6 Å². The minimum atomic E-state index is -0.559. The largest absolute Gasteiger partial charge is 0.444 e. The highest BCUT2D eigenvalue weighted by molar-refractivity contribution is 5.68. The summed E-state index contributed by atoms with van der Waals surface area (Å²) < 4.78 is 12.4. The number of carbonyl (C=O) groups is 1. The fourth-order valence-electron chi connectivity index (χ4n) is 3.30. The van der Waals surface area contributed by atoms with Crippen molar-refractivity contribution in [3.05, 3.63) is 28.7 Å². The molecule has 1 fully saturated rings. The standard InChI is InChI=1S/C20H30N8O5/c1-13(32-5)23-17-16(28(30)31)11-21-18(25-17)24-14-10-22-27(12-14)15-6-8-26(9-7-15)19(29)33-20(2,3)4/h10-13,15H,6-9H2,1-5H3,(H2,21,23,24,25). The molecule has 0 aromatic carbocycles. The van der Waals surface area contributed by atoms with Gasteiger partial charge in [-0.15, -0.1) is 0 Å². The van der Waals surface area contributed by atoms with Gasteiger partial charge in [0.2, 0.25) is 11.8 Å². The van der Waals surface area contributed by atoms with Crippen molar-refractivity contribution in [2.75, 3.05) is 30.8 Å². The zero-order valence-corrected chi connectivity index (χ0v) is 19.4. The van der Waals surface area contributed by atoms with Gasteiger partial charge in [-0.1, -0.05) is 0 Å². The molecule has 1 unspecified atom stereocenters. The molecule has 1 atom stereocenters. The lowest BCUT2D eigenvalue weighted by molar-refractivity contribution is -0.384. The van der Waals surface area contributed by atoms with Crippen LogP contribution in [0.4, 0.5) is 27.9 Å². The molecule has 1 aliphatic rings. The first-order valence-electron chi connectivity index (χ1n) is 10.7. The van der Waals surface area contributed by atoms with E-state index in [0.717, 1.165) is 19.0 Å². The van der Waals surface area contributed by atoms with Crippen molar-refractivity contribution in [1.29, 1.82) is 0 Å². The summed E-state index contributed by atoms with van der Waals surface area (Å²) in [7, 11) is 1.48. The minimum absolute atomic E-state index is 0.0498. The van der Waals surface area contributed by atoms with Crippen LogP contribution in [0.5, 0.6) is 0 Å². The molecule has 2 N–H and O–H groups in total. The number of carbonyl (C=O) groups excluding carboxylic acids is 1. The topological polar surface area (TPSA) is 150 Å². The second kappa shape index (κ2) is 9.98. The average Bonchev–Trinajstić information content (AvgIpc) is 3.21. The number of amides is 1. The number of anilines is 3. The molecule has 1 aliphatic heterocycles. The Hall–Kier alpha value is -3.48. The zero-order valence-electron chi connectivity index (χ0n) is 19.4. The van der Waals surface area contributed by atoms with E-state index >= 15 is 0 Å². The molecule has 2 aromatic heterocycles. The first kappa shape index (κ1) is 24.2. The zero-order chi connectivity index (χ0) is 24.2. The van der Waals surface area contributed by atoms with Gasteiger partial charge in [-0.3, -0.25) is 14.8 Å². The number of ether oxygens (including phenoxy) is 2. The summed E-state index contributed by atoms with van der Waals surface area (Å²) in [6, 6.07) is 0.136. The van der Waals surface area contributed by atoms with Crippen LogP contribution in [-0.4, -0.2) is 67.7 Å². The highest BCUT2D eigenvalue weighted by atomic mass is 16.6. The number of hydrogen-bond acceptors (Lipinski definition) is 10. The van der Waals surface area contributed by atoms with Crippen molar-refractivity contribution < 1.29 is 19.2 Å². The Kier molecular flexibility index (Phi) is 7.31. The number of nitrogens with zero attached hydrogens (tertiary/aromatic N) is 6. The second-order valence-electron chi connectivity index (χ2n) is 8.74. The number of likely N-dealkylation sites (tertiary alicyclic amines) is 1. The summed E-state index contributed by atoms with van der Waals surface area (Å²) in [5.74, 6) is 0.236. The third-order valence-electron chi connectivity index (χ3n) is 5.01. The number of piperidine rings is 1. The first-order chi connectivity index (χ1) is 15.6. The Labute approximate surface area is 191 Å². The van der Waals surface area contributed by atoms with Crippen molar-refractivity contribution >= 4 is 29.2 Å². The van der Waals surface area contributed by atoms with Gasteiger partial charge in [-0.05, 0) is 40.5 Å². The molecule has 2 aromatic rings. The molecule has 1 amide bonds. The van der Waals surface area contributed by atoms with Crippen molar-refractivity contribution in [2.45, 2.75) is 58.4 Å². The number of aromatic nitrogens is 4. The maximum absolute atomic E-state index is 12.2. The highest BCUT2D eigenvalue weighted by Crippen LogP contribution is 2.27. The lowest BCUT2D eigenvalue weighted by atomic mass is 10.1. The predicted molar refractivity (Wildman–Crippen MR) is 120 cm³/mol. The van der Waals surface area contributed by atoms with Crippen molar-refractivity contribution in [1.82, 2.24) is 24.6 Å². The second-order valence-corrected chi connectivity index (χ2v) is 8.74. The van der Waals surface area contributed by atoms with E-state index in [-0.39, 0.29) is 29.6 Å². The van der Waals surface area contributed by atoms with E-state index in [9.17, 15) is 14.9 Å². The Bertz CT molecular complexity index is 981. The van der Waals surface area contributed by atoms with E-state index in [1.165, 1.54) is 7.11 Å². The molecule has 0 aliphatic carbocycles. The van der Waals surface area contributed by atoms with Crippen LogP contribution < -0.4 is 10.6 Å². The molecular weight excluding hydrogens is 432 g/mol. The van der Waals surface area contributed by atoms with E-state index in [1.54, 1.807) is 18.0 Å². The molecule has 180 valence electrons. The number of rotatable bonds is 7. The summed E-state index contributed by atoms with van der Waals surface area (Å²) in [5, 5.41) is 21.5. The monoisotopic (exact) mass is 462 g/mol. The smallest absolute Gasteiger partial charge is 0.410 e. The van der Waals surface area contributed by atoms with Gasteiger partial charge in [0.25, 0.3) is 0 Å². The molecule has 3 rings (SSSR count). The van der Waals surface area contributed by atoms with Crippen molar-refractivity contribution in [2.24, 2.45) is 0 Å². The molecule has 3 heterocycles. The van der Waals surface area contributed by atoms with Crippen molar-refractivity contribution in [3.63, 3.8) is 0 Å². The fourth-order valence-corrected chi connectivity index (χ4v) is 3.30. The summed E-state index contributed by atoms with van der Waals surface area (Å²) in [6.45, 7) is 8.42. The van der Waals surface area contributed by atoms with Crippen LogP contribution in [-0.2, 0) is 9.47 Å². The number of hydrogen-bond donors (Lipinski definition) is 2. The van der Waals surface area contributed by atoms with Gasteiger partial charge in [0, 0.05) is 26.4 Å². The van der Waals surface area contributed by atoms with Gasteiger partial charge in [-0.2, -0.15) is 10.1 Å². The molecule has 0 spiro atoms. The van der Waals surface area contributed by atoms with Crippen LogP contribution in [0.3, 0.4) is 0 Å². The van der Waals surface area contributed by atoms with Gasteiger partial charge in [0.1, 0.15) is 18.0 Å². The predicted octanol–water partition coefficient (Wildman–Crippen LogP) is 3.30. The van der Waals surface area contributed by atoms with Crippen LogP contribution in [0.2, 0.25) is 0 Å². The summed E-state index contributed by atoms with van der Waals surface area (Å²) in [4.78, 5) is 32.9. The van der Waals surface area contributed by atoms with E-state index in [4.69, 9.17) is 9.47 Å². The van der Waals surface area contributed by atoms with Gasteiger partial charge in [0.05, 0.1) is 22.8 Å². The maximum atomic E-state index is 12.2. The van der Waals surface area contributed by atoms with Gasteiger partial charge < -0.3 is 25.0 Å². The molecule has 13 heteroatoms. The Morgan fingerprint density at radius 3 is 2.61 bits per heavy atom. The van der Waals surface area contributed by atoms with Gasteiger partial charge in [0.15, 0.2) is 0 Å². The minimum Gasteiger partial charge on any atom is -0.444 e. The number of nitro groups is 1. The van der Waals surface area contributed by atoms with E-state index in [0.29, 0.717) is 18.8 Å². The van der Waals surface area contributed by atoms with E-state index in [2.05, 4.69) is 25.7 Å². The first-order valence-corrected chi connectivity index (χ1v) is 10.7. The Morgan fingerprint density at radius 2 is 2.00 bits per heavy atom.